The Morgan fingerprint density at radius 3 is 2.84 bits per heavy atom. The number of hydrogen-bond donors (Lipinski definition) is 0. The maximum absolute atomic E-state index is 11.8. The summed E-state index contributed by atoms with van der Waals surface area (Å²) in [5.74, 6) is 0. The van der Waals surface area contributed by atoms with Gasteiger partial charge in [-0.3, -0.25) is 4.79 Å². The second-order valence-corrected chi connectivity index (χ2v) is 7.51. The number of rotatable bonds is 3. The van der Waals surface area contributed by atoms with Crippen molar-refractivity contribution in [2.75, 3.05) is 11.4 Å². The SMILES string of the molecule is Cn1nc2c(cc1=O)CN(c1nnc(Cc3ccc(Cl)cc3)s1)CC2. The predicted octanol–water partition coefficient (Wildman–Crippen LogP) is 2.44. The Morgan fingerprint density at radius 1 is 1.24 bits per heavy atom. The molecule has 0 bridgehead atoms. The third-order valence-corrected chi connectivity index (χ3v) is 5.47. The number of fused-ring (bicyclic) bond motifs is 1. The maximum atomic E-state index is 11.8. The first kappa shape index (κ1) is 16.2. The molecular weight excluding hydrogens is 358 g/mol. The lowest BCUT2D eigenvalue weighted by Crippen LogP contribution is -2.34. The van der Waals surface area contributed by atoms with E-state index >= 15 is 0 Å². The first-order valence-electron chi connectivity index (χ1n) is 7.96. The summed E-state index contributed by atoms with van der Waals surface area (Å²) >= 11 is 7.51. The number of aryl methyl sites for hydroxylation is 1. The number of nitrogens with zero attached hydrogens (tertiary/aromatic N) is 5. The highest BCUT2D eigenvalue weighted by molar-refractivity contribution is 7.15. The predicted molar refractivity (Wildman–Crippen MR) is 98.4 cm³/mol. The first-order valence-corrected chi connectivity index (χ1v) is 9.16. The minimum Gasteiger partial charge on any atom is -0.342 e. The molecule has 0 N–H and O–H groups in total. The molecule has 0 fully saturated rings. The molecule has 0 saturated heterocycles. The van der Waals surface area contributed by atoms with Crippen LogP contribution in [-0.2, 0) is 26.4 Å². The van der Waals surface area contributed by atoms with E-state index < -0.39 is 0 Å². The third-order valence-electron chi connectivity index (χ3n) is 4.23. The van der Waals surface area contributed by atoms with Crippen LogP contribution in [0.5, 0.6) is 0 Å². The Balaban J connectivity index is 1.51. The lowest BCUT2D eigenvalue weighted by atomic mass is 10.1. The summed E-state index contributed by atoms with van der Waals surface area (Å²) < 4.78 is 1.39. The molecule has 0 amide bonds. The summed E-state index contributed by atoms with van der Waals surface area (Å²) in [4.78, 5) is 14.0. The summed E-state index contributed by atoms with van der Waals surface area (Å²) in [5, 5.41) is 15.6. The van der Waals surface area contributed by atoms with Crippen molar-refractivity contribution in [3.8, 4) is 0 Å². The van der Waals surface area contributed by atoms with E-state index in [9.17, 15) is 4.79 Å². The van der Waals surface area contributed by atoms with E-state index in [-0.39, 0.29) is 5.56 Å². The van der Waals surface area contributed by atoms with Crippen LogP contribution in [0, 0.1) is 0 Å². The van der Waals surface area contributed by atoms with E-state index in [4.69, 9.17) is 11.6 Å². The molecule has 1 aliphatic rings. The largest absolute Gasteiger partial charge is 0.342 e. The molecule has 25 heavy (non-hydrogen) atoms. The topological polar surface area (TPSA) is 63.9 Å². The van der Waals surface area contributed by atoms with Crippen LogP contribution in [0.1, 0.15) is 21.8 Å². The van der Waals surface area contributed by atoms with E-state index in [2.05, 4.69) is 20.2 Å². The Hall–Kier alpha value is -2.25. The van der Waals surface area contributed by atoms with Crippen LogP contribution >= 0.6 is 22.9 Å². The molecule has 0 saturated carbocycles. The molecule has 0 spiro atoms. The fourth-order valence-corrected chi connectivity index (χ4v) is 3.90. The summed E-state index contributed by atoms with van der Waals surface area (Å²) in [5.41, 5.74) is 3.04. The molecule has 4 rings (SSSR count). The Labute approximate surface area is 153 Å². The van der Waals surface area contributed by atoms with Crippen molar-refractivity contribution in [3.63, 3.8) is 0 Å². The van der Waals surface area contributed by atoms with E-state index in [0.717, 1.165) is 51.4 Å². The van der Waals surface area contributed by atoms with Crippen molar-refractivity contribution in [2.45, 2.75) is 19.4 Å². The molecule has 3 aromatic rings. The van der Waals surface area contributed by atoms with Crippen molar-refractivity contribution >= 4 is 28.1 Å². The molecule has 0 radical (unpaired) electrons. The van der Waals surface area contributed by atoms with Crippen LogP contribution < -0.4 is 10.5 Å². The zero-order valence-electron chi connectivity index (χ0n) is 13.6. The van der Waals surface area contributed by atoms with Crippen LogP contribution in [-0.4, -0.2) is 26.5 Å². The van der Waals surface area contributed by atoms with Gasteiger partial charge in [0.25, 0.3) is 5.56 Å². The van der Waals surface area contributed by atoms with Crippen molar-refractivity contribution in [1.82, 2.24) is 20.0 Å². The molecule has 0 unspecified atom stereocenters. The molecule has 8 heteroatoms. The van der Waals surface area contributed by atoms with Gasteiger partial charge in [0, 0.05) is 49.6 Å². The molecule has 1 aliphatic heterocycles. The highest BCUT2D eigenvalue weighted by atomic mass is 35.5. The van der Waals surface area contributed by atoms with Crippen LogP contribution in [0.2, 0.25) is 5.02 Å². The fraction of sp³-hybridized carbons (Fsp3) is 0.294. The van der Waals surface area contributed by atoms with Gasteiger partial charge >= 0.3 is 0 Å². The summed E-state index contributed by atoms with van der Waals surface area (Å²) in [6.45, 7) is 1.47. The first-order chi connectivity index (χ1) is 12.1. The van der Waals surface area contributed by atoms with Crippen molar-refractivity contribution in [2.24, 2.45) is 7.05 Å². The Bertz CT molecular complexity index is 966. The third kappa shape index (κ3) is 3.43. The van der Waals surface area contributed by atoms with Crippen LogP contribution in [0.4, 0.5) is 5.13 Å². The number of halogens is 1. The normalized spacial score (nSPS) is 13.8. The molecule has 0 aliphatic carbocycles. The number of hydrogen-bond acceptors (Lipinski definition) is 6. The summed E-state index contributed by atoms with van der Waals surface area (Å²) in [6, 6.07) is 9.44. The van der Waals surface area contributed by atoms with E-state index in [1.165, 1.54) is 4.68 Å². The van der Waals surface area contributed by atoms with Gasteiger partial charge in [0.15, 0.2) is 0 Å². The Kier molecular flexibility index (Phi) is 4.27. The van der Waals surface area contributed by atoms with Gasteiger partial charge in [0.05, 0.1) is 5.69 Å². The average Bonchev–Trinajstić information content (AvgIpc) is 3.06. The Morgan fingerprint density at radius 2 is 2.04 bits per heavy atom. The summed E-state index contributed by atoms with van der Waals surface area (Å²) in [6.07, 6.45) is 1.54. The zero-order valence-corrected chi connectivity index (χ0v) is 15.2. The van der Waals surface area contributed by atoms with Gasteiger partial charge in [-0.25, -0.2) is 4.68 Å². The minimum atomic E-state index is -0.0821. The molecular formula is C17H16ClN5OS. The second-order valence-electron chi connectivity index (χ2n) is 6.03. The molecule has 128 valence electrons. The van der Waals surface area contributed by atoms with Gasteiger partial charge in [0.1, 0.15) is 5.01 Å². The van der Waals surface area contributed by atoms with E-state index in [1.807, 2.05) is 24.3 Å². The van der Waals surface area contributed by atoms with Crippen molar-refractivity contribution in [3.05, 3.63) is 67.5 Å². The van der Waals surface area contributed by atoms with E-state index in [0.29, 0.717) is 6.54 Å². The highest BCUT2D eigenvalue weighted by Gasteiger charge is 2.21. The summed E-state index contributed by atoms with van der Waals surface area (Å²) in [7, 11) is 1.68. The number of anilines is 1. The quantitative estimate of drug-likeness (QED) is 0.705. The molecule has 0 atom stereocenters. The van der Waals surface area contributed by atoms with Gasteiger partial charge in [-0.1, -0.05) is 35.1 Å². The van der Waals surface area contributed by atoms with Crippen LogP contribution in [0.15, 0.2) is 35.1 Å². The standard InChI is InChI=1S/C17H16ClN5OS/c1-22-16(24)9-12-10-23(7-6-14(12)21-22)17-20-19-15(25-17)8-11-2-4-13(18)5-3-11/h2-5,9H,6-8,10H2,1H3. The van der Waals surface area contributed by atoms with Gasteiger partial charge < -0.3 is 4.90 Å². The number of benzene rings is 1. The van der Waals surface area contributed by atoms with Crippen molar-refractivity contribution < 1.29 is 0 Å². The monoisotopic (exact) mass is 373 g/mol. The van der Waals surface area contributed by atoms with Gasteiger partial charge in [0.2, 0.25) is 5.13 Å². The molecule has 2 aromatic heterocycles. The molecule has 3 heterocycles. The minimum absolute atomic E-state index is 0.0821. The molecule has 6 nitrogen and oxygen atoms in total. The highest BCUT2D eigenvalue weighted by Crippen LogP contribution is 2.27. The van der Waals surface area contributed by atoms with Crippen molar-refractivity contribution in [1.29, 1.82) is 0 Å². The van der Waals surface area contributed by atoms with Gasteiger partial charge in [-0.2, -0.15) is 5.10 Å². The lowest BCUT2D eigenvalue weighted by molar-refractivity contribution is 0.623. The van der Waals surface area contributed by atoms with E-state index in [1.54, 1.807) is 24.5 Å². The molecule has 1 aromatic carbocycles. The smallest absolute Gasteiger partial charge is 0.266 e. The average molecular weight is 374 g/mol. The van der Waals surface area contributed by atoms with Gasteiger partial charge in [-0.05, 0) is 17.7 Å². The maximum Gasteiger partial charge on any atom is 0.266 e. The zero-order chi connectivity index (χ0) is 17.4. The lowest BCUT2D eigenvalue weighted by Gasteiger charge is -2.27. The van der Waals surface area contributed by atoms with Crippen LogP contribution in [0.25, 0.3) is 0 Å². The van der Waals surface area contributed by atoms with Gasteiger partial charge in [-0.15, -0.1) is 10.2 Å². The fourth-order valence-electron chi connectivity index (χ4n) is 2.88. The van der Waals surface area contributed by atoms with Crippen LogP contribution in [0.3, 0.4) is 0 Å². The second kappa shape index (κ2) is 6.57. The number of aromatic nitrogens is 4.